The fourth-order valence-corrected chi connectivity index (χ4v) is 4.45. The van der Waals surface area contributed by atoms with Crippen molar-refractivity contribution in [2.45, 2.75) is 0 Å². The smallest absolute Gasteiger partial charge is 0.345 e. The number of ether oxygens (including phenoxy) is 1. The van der Waals surface area contributed by atoms with Crippen LogP contribution in [0.5, 0.6) is 11.5 Å². The predicted molar refractivity (Wildman–Crippen MR) is 129 cm³/mol. The van der Waals surface area contributed by atoms with Gasteiger partial charge in [-0.2, -0.15) is 5.26 Å². The quantitative estimate of drug-likeness (QED) is 0.209. The number of phenols is 1. The maximum Gasteiger partial charge on any atom is 0.345 e. The van der Waals surface area contributed by atoms with Gasteiger partial charge in [0, 0.05) is 10.8 Å². The highest BCUT2D eigenvalue weighted by Gasteiger charge is 2.15. The van der Waals surface area contributed by atoms with Crippen molar-refractivity contribution in [2.75, 3.05) is 7.11 Å². The predicted octanol–water partition coefficient (Wildman–Crippen LogP) is 5.85. The van der Waals surface area contributed by atoms with Crippen LogP contribution in [-0.2, 0) is 0 Å². The van der Waals surface area contributed by atoms with Crippen LogP contribution in [0, 0.1) is 11.3 Å². The van der Waals surface area contributed by atoms with Gasteiger partial charge in [0.1, 0.15) is 16.7 Å². The number of rotatable bonds is 4. The second-order valence-corrected chi connectivity index (χ2v) is 8.14. The molecule has 0 aliphatic carbocycles. The van der Waals surface area contributed by atoms with Gasteiger partial charge in [0.15, 0.2) is 11.5 Å². The Morgan fingerprint density at radius 3 is 2.82 bits per heavy atom. The van der Waals surface area contributed by atoms with Gasteiger partial charge in [0.2, 0.25) is 0 Å². The number of methoxy groups -OCH3 is 1. The van der Waals surface area contributed by atoms with E-state index in [4.69, 9.17) is 9.15 Å². The van der Waals surface area contributed by atoms with E-state index in [2.05, 4.69) is 11.1 Å². The minimum atomic E-state index is -0.486. The summed E-state index contributed by atoms with van der Waals surface area (Å²) in [6, 6.07) is 20.3. The zero-order valence-corrected chi connectivity index (χ0v) is 18.2. The van der Waals surface area contributed by atoms with Gasteiger partial charge in [-0.15, -0.1) is 11.3 Å². The zero-order chi connectivity index (χ0) is 22.9. The summed E-state index contributed by atoms with van der Waals surface area (Å²) < 4.78 is 10.7. The van der Waals surface area contributed by atoms with Crippen LogP contribution in [0.25, 0.3) is 44.6 Å². The maximum atomic E-state index is 12.7. The van der Waals surface area contributed by atoms with Gasteiger partial charge < -0.3 is 14.3 Å². The average Bonchev–Trinajstić information content (AvgIpc) is 3.32. The zero-order valence-electron chi connectivity index (χ0n) is 17.4. The first kappa shape index (κ1) is 20.5. The van der Waals surface area contributed by atoms with E-state index >= 15 is 0 Å². The lowest BCUT2D eigenvalue weighted by molar-refractivity contribution is 0.373. The van der Waals surface area contributed by atoms with E-state index in [0.717, 1.165) is 16.2 Å². The van der Waals surface area contributed by atoms with Gasteiger partial charge >= 0.3 is 5.63 Å². The van der Waals surface area contributed by atoms with E-state index in [1.54, 1.807) is 35.7 Å². The highest BCUT2D eigenvalue weighted by Crippen LogP contribution is 2.32. The molecule has 0 aliphatic rings. The summed E-state index contributed by atoms with van der Waals surface area (Å²) in [4.78, 5) is 17.2. The molecule has 1 N–H and O–H groups in total. The van der Waals surface area contributed by atoms with E-state index in [-0.39, 0.29) is 5.75 Å². The van der Waals surface area contributed by atoms with E-state index < -0.39 is 5.63 Å². The van der Waals surface area contributed by atoms with Gasteiger partial charge in [-0.25, -0.2) is 9.78 Å². The van der Waals surface area contributed by atoms with Crippen LogP contribution in [0.3, 0.4) is 0 Å². The molecule has 0 aliphatic heterocycles. The van der Waals surface area contributed by atoms with Crippen LogP contribution in [-0.4, -0.2) is 17.2 Å². The monoisotopic (exact) mass is 452 g/mol. The molecule has 0 saturated carbocycles. The number of nitrogens with zero attached hydrogens (tertiary/aromatic N) is 2. The normalized spacial score (nSPS) is 11.6. The summed E-state index contributed by atoms with van der Waals surface area (Å²) in [6.07, 6.45) is 1.65. The number of hydrogen-bond acceptors (Lipinski definition) is 7. The molecule has 2 aromatic heterocycles. The Kier molecular flexibility index (Phi) is 5.13. The number of nitriles is 1. The second kappa shape index (κ2) is 8.26. The molecule has 0 radical (unpaired) electrons. The third kappa shape index (κ3) is 3.73. The van der Waals surface area contributed by atoms with E-state index in [9.17, 15) is 15.2 Å². The number of benzene rings is 3. The Bertz CT molecular complexity index is 1660. The molecule has 5 rings (SSSR count). The van der Waals surface area contributed by atoms with Crippen molar-refractivity contribution in [1.82, 2.24) is 4.98 Å². The van der Waals surface area contributed by atoms with Crippen molar-refractivity contribution >= 4 is 44.7 Å². The summed E-state index contributed by atoms with van der Waals surface area (Å²) in [6.45, 7) is 0. The molecule has 0 fully saturated rings. The molecule has 2 heterocycles. The van der Waals surface area contributed by atoms with Crippen LogP contribution in [0.4, 0.5) is 0 Å². The van der Waals surface area contributed by atoms with Crippen LogP contribution < -0.4 is 10.4 Å². The molecule has 33 heavy (non-hydrogen) atoms. The van der Waals surface area contributed by atoms with Crippen LogP contribution in [0.15, 0.2) is 75.3 Å². The molecule has 160 valence electrons. The summed E-state index contributed by atoms with van der Waals surface area (Å²) in [7, 11) is 1.46. The highest BCUT2D eigenvalue weighted by molar-refractivity contribution is 7.11. The molecule has 0 spiro atoms. The topological polar surface area (TPSA) is 96.4 Å². The molecule has 6 nitrogen and oxygen atoms in total. The van der Waals surface area contributed by atoms with Gasteiger partial charge in [0.25, 0.3) is 0 Å². The third-order valence-corrected chi connectivity index (χ3v) is 6.16. The van der Waals surface area contributed by atoms with Crippen molar-refractivity contribution in [3.05, 3.63) is 87.0 Å². The molecule has 0 bridgehead atoms. The number of fused-ring (bicyclic) bond motifs is 3. The lowest BCUT2D eigenvalue weighted by Gasteiger charge is -2.04. The number of allylic oxidation sites excluding steroid dienone is 1. The molecule has 0 unspecified atom stereocenters. The van der Waals surface area contributed by atoms with Crippen molar-refractivity contribution in [3.8, 4) is 28.8 Å². The average molecular weight is 452 g/mol. The minimum Gasteiger partial charge on any atom is -0.504 e. The second-order valence-electron chi connectivity index (χ2n) is 7.29. The Hall–Kier alpha value is -4.41. The largest absolute Gasteiger partial charge is 0.504 e. The first-order valence-electron chi connectivity index (χ1n) is 9.98. The third-order valence-electron chi connectivity index (χ3n) is 5.29. The number of phenolic OH excluding ortho intramolecular Hbond substituents is 1. The molecule has 7 heteroatoms. The van der Waals surface area contributed by atoms with Gasteiger partial charge in [-0.05, 0) is 46.7 Å². The van der Waals surface area contributed by atoms with Crippen molar-refractivity contribution < 1.29 is 14.3 Å². The number of hydrogen-bond donors (Lipinski definition) is 1. The minimum absolute atomic E-state index is 0.0141. The van der Waals surface area contributed by atoms with Crippen LogP contribution >= 0.6 is 11.3 Å². The molecule has 0 atom stereocenters. The highest BCUT2D eigenvalue weighted by atomic mass is 32.1. The van der Waals surface area contributed by atoms with Crippen LogP contribution in [0.1, 0.15) is 10.6 Å². The van der Waals surface area contributed by atoms with Gasteiger partial charge in [0.05, 0.1) is 23.9 Å². The number of aromatic nitrogens is 1. The van der Waals surface area contributed by atoms with Crippen molar-refractivity contribution in [1.29, 1.82) is 5.26 Å². The van der Waals surface area contributed by atoms with Gasteiger partial charge in [-0.3, -0.25) is 0 Å². The summed E-state index contributed by atoms with van der Waals surface area (Å²) >= 11 is 1.26. The lowest BCUT2D eigenvalue weighted by atomic mass is 10.0. The molecule has 5 aromatic rings. The van der Waals surface area contributed by atoms with Crippen molar-refractivity contribution in [2.24, 2.45) is 0 Å². The summed E-state index contributed by atoms with van der Waals surface area (Å²) in [5.41, 5.74) is 1.81. The summed E-state index contributed by atoms with van der Waals surface area (Å²) in [5.74, 6) is 0.321. The fourth-order valence-electron chi connectivity index (χ4n) is 3.66. The van der Waals surface area contributed by atoms with Crippen molar-refractivity contribution in [3.63, 3.8) is 0 Å². The Morgan fingerprint density at radius 1 is 1.15 bits per heavy atom. The standard InChI is InChI=1S/C26H16N2O4S/c1-31-24-11-15(6-8-22(24)29)10-17(13-27)25-28-21(14-33-25)20-12-19-18-5-3-2-4-16(18)7-9-23(19)32-26(20)30/h2-12,14,29H,1H3/b17-10-. The number of thiazole rings is 1. The van der Waals surface area contributed by atoms with E-state index in [0.29, 0.717) is 38.7 Å². The molecule has 0 amide bonds. The fraction of sp³-hybridized carbons (Fsp3) is 0.0385. The van der Waals surface area contributed by atoms with E-state index in [1.165, 1.54) is 24.5 Å². The molecular weight excluding hydrogens is 436 g/mol. The Balaban J connectivity index is 1.59. The lowest BCUT2D eigenvalue weighted by Crippen LogP contribution is -2.03. The molecule has 3 aromatic carbocycles. The molecular formula is C26H16N2O4S. The van der Waals surface area contributed by atoms with Crippen LogP contribution in [0.2, 0.25) is 0 Å². The maximum absolute atomic E-state index is 12.7. The number of aromatic hydroxyl groups is 1. The van der Waals surface area contributed by atoms with Gasteiger partial charge in [-0.1, -0.05) is 36.4 Å². The molecule has 0 saturated heterocycles. The summed E-state index contributed by atoms with van der Waals surface area (Å²) in [5, 5.41) is 24.5. The van der Waals surface area contributed by atoms with E-state index in [1.807, 2.05) is 30.3 Å². The Labute approximate surface area is 192 Å². The SMILES string of the molecule is COc1cc(/C=C(/C#N)c2nc(-c3cc4c(ccc5ccccc54)oc3=O)cs2)ccc1O. The first-order valence-corrected chi connectivity index (χ1v) is 10.9. The first-order chi connectivity index (χ1) is 16.1. The Morgan fingerprint density at radius 2 is 2.00 bits per heavy atom.